The smallest absolute Gasteiger partial charge is 0.0955 e. The van der Waals surface area contributed by atoms with Gasteiger partial charge < -0.3 is 9.88 Å². The molecule has 0 aromatic carbocycles. The van der Waals surface area contributed by atoms with E-state index in [0.717, 1.165) is 19.5 Å². The monoisotopic (exact) mass is 247 g/mol. The molecule has 2 aromatic rings. The highest BCUT2D eigenvalue weighted by Gasteiger charge is 2.31. The van der Waals surface area contributed by atoms with Gasteiger partial charge in [0.1, 0.15) is 0 Å². The summed E-state index contributed by atoms with van der Waals surface area (Å²) >= 11 is 1.80. The number of hydrogen-bond acceptors (Lipinski definition) is 3. The van der Waals surface area contributed by atoms with Crippen molar-refractivity contribution in [3.8, 4) is 0 Å². The molecule has 0 saturated carbocycles. The second-order valence-corrected chi connectivity index (χ2v) is 6.08. The first-order valence-corrected chi connectivity index (χ1v) is 6.87. The summed E-state index contributed by atoms with van der Waals surface area (Å²) in [5, 5.41) is 5.69. The van der Waals surface area contributed by atoms with Crippen LogP contribution in [-0.4, -0.2) is 16.1 Å². The minimum Gasteiger partial charge on any atom is -0.327 e. The van der Waals surface area contributed by atoms with Gasteiger partial charge in [-0.1, -0.05) is 6.07 Å². The molecule has 0 bridgehead atoms. The van der Waals surface area contributed by atoms with Gasteiger partial charge in [-0.25, -0.2) is 4.98 Å². The molecule has 3 heterocycles. The summed E-state index contributed by atoms with van der Waals surface area (Å²) in [6.07, 6.45) is 3.02. The fourth-order valence-electron chi connectivity index (χ4n) is 2.59. The van der Waals surface area contributed by atoms with E-state index in [2.05, 4.69) is 46.2 Å². The first-order valence-electron chi connectivity index (χ1n) is 5.99. The number of imidazole rings is 1. The van der Waals surface area contributed by atoms with E-state index in [1.165, 1.54) is 16.3 Å². The molecule has 0 amide bonds. The summed E-state index contributed by atoms with van der Waals surface area (Å²) in [5.74, 6) is 0. The molecular formula is C13H17N3S. The zero-order valence-electron chi connectivity index (χ0n) is 10.2. The number of nitrogens with one attached hydrogen (secondary N) is 1. The van der Waals surface area contributed by atoms with Gasteiger partial charge in [-0.2, -0.15) is 0 Å². The summed E-state index contributed by atoms with van der Waals surface area (Å²) in [5.41, 5.74) is 2.63. The Bertz CT molecular complexity index is 511. The SMILES string of the molecule is CC1(C)NCCc2ncn(Cc3cccs3)c21. The van der Waals surface area contributed by atoms with E-state index in [4.69, 9.17) is 0 Å². The third kappa shape index (κ3) is 1.91. The molecule has 17 heavy (non-hydrogen) atoms. The van der Waals surface area contributed by atoms with Crippen molar-refractivity contribution in [2.24, 2.45) is 0 Å². The normalized spacial score (nSPS) is 18.0. The molecule has 0 atom stereocenters. The molecule has 1 N–H and O–H groups in total. The molecule has 1 aliphatic heterocycles. The Kier molecular flexibility index (Phi) is 2.56. The van der Waals surface area contributed by atoms with Crippen LogP contribution in [0.4, 0.5) is 0 Å². The van der Waals surface area contributed by atoms with Gasteiger partial charge in [-0.05, 0) is 25.3 Å². The maximum Gasteiger partial charge on any atom is 0.0955 e. The molecule has 0 aliphatic carbocycles. The fraction of sp³-hybridized carbons (Fsp3) is 0.462. The predicted octanol–water partition coefficient (Wildman–Crippen LogP) is 2.37. The van der Waals surface area contributed by atoms with Crippen LogP contribution in [0.2, 0.25) is 0 Å². The van der Waals surface area contributed by atoms with Crippen LogP contribution in [0.15, 0.2) is 23.8 Å². The van der Waals surface area contributed by atoms with Crippen LogP contribution in [0.1, 0.15) is 30.1 Å². The average Bonchev–Trinajstić information content (AvgIpc) is 2.88. The second kappa shape index (κ2) is 3.96. The van der Waals surface area contributed by atoms with Gasteiger partial charge in [0, 0.05) is 17.8 Å². The summed E-state index contributed by atoms with van der Waals surface area (Å²) in [7, 11) is 0. The quantitative estimate of drug-likeness (QED) is 0.883. The molecule has 0 saturated heterocycles. The van der Waals surface area contributed by atoms with Gasteiger partial charge in [-0.15, -0.1) is 11.3 Å². The largest absolute Gasteiger partial charge is 0.327 e. The second-order valence-electron chi connectivity index (χ2n) is 5.05. The molecule has 3 rings (SSSR count). The number of hydrogen-bond donors (Lipinski definition) is 1. The lowest BCUT2D eigenvalue weighted by Gasteiger charge is -2.32. The number of thiophene rings is 1. The fourth-order valence-corrected chi connectivity index (χ4v) is 3.30. The maximum atomic E-state index is 4.56. The molecule has 0 unspecified atom stereocenters. The summed E-state index contributed by atoms with van der Waals surface area (Å²) in [4.78, 5) is 5.94. The van der Waals surface area contributed by atoms with Crippen molar-refractivity contribution >= 4 is 11.3 Å². The van der Waals surface area contributed by atoms with Crippen LogP contribution in [0.25, 0.3) is 0 Å². The molecule has 2 aromatic heterocycles. The van der Waals surface area contributed by atoms with E-state index in [1.54, 1.807) is 11.3 Å². The number of aromatic nitrogens is 2. The Morgan fingerprint density at radius 1 is 1.53 bits per heavy atom. The lowest BCUT2D eigenvalue weighted by molar-refractivity contribution is 0.357. The van der Waals surface area contributed by atoms with Crippen LogP contribution in [0, 0.1) is 0 Å². The zero-order valence-corrected chi connectivity index (χ0v) is 11.0. The first kappa shape index (κ1) is 11.0. The highest BCUT2D eigenvalue weighted by Crippen LogP contribution is 2.28. The van der Waals surface area contributed by atoms with Crippen molar-refractivity contribution < 1.29 is 0 Å². The number of fused-ring (bicyclic) bond motifs is 1. The minimum absolute atomic E-state index is 0.0291. The standard InChI is InChI=1S/C13H17N3S/c1-13(2)12-11(5-6-15-13)14-9-16(12)8-10-4-3-7-17-10/h3-4,7,9,15H,5-6,8H2,1-2H3. The summed E-state index contributed by atoms with van der Waals surface area (Å²) in [6.45, 7) is 6.43. The van der Waals surface area contributed by atoms with E-state index in [0.29, 0.717) is 0 Å². The third-order valence-electron chi connectivity index (χ3n) is 3.34. The molecule has 0 fully saturated rings. The molecule has 0 radical (unpaired) electrons. The topological polar surface area (TPSA) is 29.9 Å². The van der Waals surface area contributed by atoms with Crippen molar-refractivity contribution in [1.82, 2.24) is 14.9 Å². The Morgan fingerprint density at radius 2 is 2.41 bits per heavy atom. The Hall–Kier alpha value is -1.13. The van der Waals surface area contributed by atoms with Crippen LogP contribution in [0.5, 0.6) is 0 Å². The Morgan fingerprint density at radius 3 is 3.18 bits per heavy atom. The van der Waals surface area contributed by atoms with E-state index in [1.807, 2.05) is 6.33 Å². The molecular weight excluding hydrogens is 230 g/mol. The van der Waals surface area contributed by atoms with Crippen molar-refractivity contribution in [2.45, 2.75) is 32.4 Å². The molecule has 90 valence electrons. The van der Waals surface area contributed by atoms with Crippen LogP contribution in [-0.2, 0) is 18.5 Å². The van der Waals surface area contributed by atoms with Gasteiger partial charge in [0.2, 0.25) is 0 Å². The highest BCUT2D eigenvalue weighted by molar-refractivity contribution is 7.09. The predicted molar refractivity (Wildman–Crippen MR) is 70.4 cm³/mol. The lowest BCUT2D eigenvalue weighted by Crippen LogP contribution is -2.43. The Labute approximate surface area is 106 Å². The van der Waals surface area contributed by atoms with Crippen LogP contribution >= 0.6 is 11.3 Å². The zero-order chi connectivity index (χ0) is 11.9. The molecule has 1 aliphatic rings. The van der Waals surface area contributed by atoms with Crippen LogP contribution < -0.4 is 5.32 Å². The van der Waals surface area contributed by atoms with Crippen LogP contribution in [0.3, 0.4) is 0 Å². The van der Waals surface area contributed by atoms with E-state index >= 15 is 0 Å². The third-order valence-corrected chi connectivity index (χ3v) is 4.20. The summed E-state index contributed by atoms with van der Waals surface area (Å²) < 4.78 is 2.29. The minimum atomic E-state index is 0.0291. The number of nitrogens with zero attached hydrogens (tertiary/aromatic N) is 2. The van der Waals surface area contributed by atoms with Crippen molar-refractivity contribution in [3.05, 3.63) is 40.1 Å². The molecule has 4 heteroatoms. The lowest BCUT2D eigenvalue weighted by atomic mass is 9.93. The highest BCUT2D eigenvalue weighted by atomic mass is 32.1. The van der Waals surface area contributed by atoms with Gasteiger partial charge >= 0.3 is 0 Å². The molecule has 3 nitrogen and oxygen atoms in total. The van der Waals surface area contributed by atoms with E-state index in [9.17, 15) is 0 Å². The van der Waals surface area contributed by atoms with E-state index in [-0.39, 0.29) is 5.54 Å². The Balaban J connectivity index is 1.99. The van der Waals surface area contributed by atoms with Gasteiger partial charge in [0.15, 0.2) is 0 Å². The number of rotatable bonds is 2. The van der Waals surface area contributed by atoms with Gasteiger partial charge in [-0.3, -0.25) is 0 Å². The van der Waals surface area contributed by atoms with Crippen molar-refractivity contribution in [2.75, 3.05) is 6.54 Å². The van der Waals surface area contributed by atoms with Crippen molar-refractivity contribution in [3.63, 3.8) is 0 Å². The van der Waals surface area contributed by atoms with Gasteiger partial charge in [0.05, 0.1) is 29.8 Å². The molecule has 0 spiro atoms. The van der Waals surface area contributed by atoms with Crippen molar-refractivity contribution in [1.29, 1.82) is 0 Å². The summed E-state index contributed by atoms with van der Waals surface area (Å²) in [6, 6.07) is 4.28. The van der Waals surface area contributed by atoms with E-state index < -0.39 is 0 Å². The maximum absolute atomic E-state index is 4.56. The first-order chi connectivity index (χ1) is 8.17. The van der Waals surface area contributed by atoms with Gasteiger partial charge in [0.25, 0.3) is 0 Å². The average molecular weight is 247 g/mol.